The van der Waals surface area contributed by atoms with E-state index < -0.39 is 5.60 Å². The average Bonchev–Trinajstić information content (AvgIpc) is 2.88. The fraction of sp³-hybridized carbons (Fsp3) is 0.412. The van der Waals surface area contributed by atoms with Crippen LogP contribution < -0.4 is 0 Å². The lowest BCUT2D eigenvalue weighted by atomic mass is 10.0. The first-order valence-electron chi connectivity index (χ1n) is 7.64. The number of hydrogen-bond acceptors (Lipinski definition) is 3. The van der Waals surface area contributed by atoms with Gasteiger partial charge in [0, 0.05) is 29.3 Å². The molecule has 0 atom stereocenters. The van der Waals surface area contributed by atoms with Gasteiger partial charge in [-0.15, -0.1) is 0 Å². The van der Waals surface area contributed by atoms with Gasteiger partial charge >= 0.3 is 6.09 Å². The van der Waals surface area contributed by atoms with Crippen LogP contribution in [0.3, 0.4) is 0 Å². The quantitative estimate of drug-likeness (QED) is 0.750. The van der Waals surface area contributed by atoms with Crippen molar-refractivity contribution in [1.29, 1.82) is 0 Å². The number of hydrogen-bond donors (Lipinski definition) is 0. The zero-order valence-corrected chi connectivity index (χ0v) is 15.1. The monoisotopic (exact) mass is 377 g/mol. The highest BCUT2D eigenvalue weighted by molar-refractivity contribution is 9.10. The van der Waals surface area contributed by atoms with Crippen LogP contribution in [0.15, 0.2) is 35.1 Å². The van der Waals surface area contributed by atoms with Crippen LogP contribution in [0, 0.1) is 0 Å². The molecular formula is C17H20BrN3O2. The van der Waals surface area contributed by atoms with E-state index in [0.29, 0.717) is 13.1 Å². The predicted octanol–water partition coefficient (Wildman–Crippen LogP) is 4.12. The molecule has 0 saturated heterocycles. The Morgan fingerprint density at radius 3 is 2.78 bits per heavy atom. The first-order chi connectivity index (χ1) is 10.8. The molecule has 0 unspecified atom stereocenters. The van der Waals surface area contributed by atoms with Crippen molar-refractivity contribution in [2.45, 2.75) is 32.8 Å². The van der Waals surface area contributed by atoms with Gasteiger partial charge in [-0.3, -0.25) is 0 Å². The minimum Gasteiger partial charge on any atom is -0.444 e. The largest absolute Gasteiger partial charge is 0.444 e. The Morgan fingerprint density at radius 1 is 1.35 bits per heavy atom. The number of ether oxygens (including phenoxy) is 1. The fourth-order valence-corrected chi connectivity index (χ4v) is 2.94. The number of amides is 1. The summed E-state index contributed by atoms with van der Waals surface area (Å²) >= 11 is 3.45. The minimum atomic E-state index is -0.461. The lowest BCUT2D eigenvalue weighted by molar-refractivity contribution is 0.0270. The van der Waals surface area contributed by atoms with E-state index in [2.05, 4.69) is 27.1 Å². The molecule has 2 aromatic heterocycles. The van der Waals surface area contributed by atoms with Crippen molar-refractivity contribution in [1.82, 2.24) is 14.5 Å². The summed E-state index contributed by atoms with van der Waals surface area (Å²) in [5.74, 6) is 0. The Labute approximate surface area is 144 Å². The third kappa shape index (κ3) is 3.58. The lowest BCUT2D eigenvalue weighted by Crippen LogP contribution is -2.39. The maximum Gasteiger partial charge on any atom is 0.410 e. The standard InChI is InChI=1S/C17H20BrN3O2/c1-17(2,3)23-16(22)20-8-6-12(7-9-20)14-10-19-21-11-13(18)4-5-15(14)21/h4-6,10-11H,7-9H2,1-3H3. The van der Waals surface area contributed by atoms with E-state index in [1.165, 1.54) is 5.57 Å². The van der Waals surface area contributed by atoms with Gasteiger partial charge in [-0.1, -0.05) is 6.08 Å². The summed E-state index contributed by atoms with van der Waals surface area (Å²) in [6, 6.07) is 4.06. The normalized spacial score (nSPS) is 15.7. The molecular weight excluding hydrogens is 358 g/mol. The van der Waals surface area contributed by atoms with Gasteiger partial charge in [-0.05, 0) is 60.8 Å². The maximum absolute atomic E-state index is 12.1. The van der Waals surface area contributed by atoms with Crippen LogP contribution >= 0.6 is 15.9 Å². The topological polar surface area (TPSA) is 46.8 Å². The van der Waals surface area contributed by atoms with Crippen molar-refractivity contribution in [2.75, 3.05) is 13.1 Å². The summed E-state index contributed by atoms with van der Waals surface area (Å²) < 4.78 is 8.28. The van der Waals surface area contributed by atoms with Gasteiger partial charge in [0.2, 0.25) is 0 Å². The molecule has 3 heterocycles. The van der Waals surface area contributed by atoms with Crippen LogP contribution in [0.2, 0.25) is 0 Å². The van der Waals surface area contributed by atoms with Crippen molar-refractivity contribution in [3.8, 4) is 0 Å². The molecule has 122 valence electrons. The van der Waals surface area contributed by atoms with Crippen molar-refractivity contribution < 1.29 is 9.53 Å². The number of pyridine rings is 1. The molecule has 1 aliphatic heterocycles. The van der Waals surface area contributed by atoms with Crippen LogP contribution in [-0.2, 0) is 4.74 Å². The van der Waals surface area contributed by atoms with Crippen molar-refractivity contribution in [3.05, 3.63) is 40.6 Å². The second kappa shape index (κ2) is 6.00. The van der Waals surface area contributed by atoms with Crippen molar-refractivity contribution >= 4 is 33.1 Å². The van der Waals surface area contributed by atoms with E-state index in [0.717, 1.165) is 22.0 Å². The molecule has 6 heteroatoms. The van der Waals surface area contributed by atoms with Gasteiger partial charge in [-0.2, -0.15) is 5.10 Å². The van der Waals surface area contributed by atoms with Gasteiger partial charge in [0.15, 0.2) is 0 Å². The number of nitrogens with zero attached hydrogens (tertiary/aromatic N) is 3. The number of rotatable bonds is 1. The SMILES string of the molecule is CC(C)(C)OC(=O)N1CC=C(c2cnn3cc(Br)ccc23)CC1. The first-order valence-corrected chi connectivity index (χ1v) is 8.43. The second-order valence-corrected chi connectivity index (χ2v) is 7.56. The summed E-state index contributed by atoms with van der Waals surface area (Å²) in [7, 11) is 0. The molecule has 0 radical (unpaired) electrons. The van der Waals surface area contributed by atoms with Crippen LogP contribution in [-0.4, -0.2) is 39.3 Å². The number of halogens is 1. The van der Waals surface area contributed by atoms with E-state index in [9.17, 15) is 4.79 Å². The van der Waals surface area contributed by atoms with Gasteiger partial charge in [-0.25, -0.2) is 9.31 Å². The van der Waals surface area contributed by atoms with Crippen molar-refractivity contribution in [2.24, 2.45) is 0 Å². The van der Waals surface area contributed by atoms with Gasteiger partial charge in [0.1, 0.15) is 5.60 Å². The number of aromatic nitrogens is 2. The molecule has 0 aromatic carbocycles. The summed E-state index contributed by atoms with van der Waals surface area (Å²) in [5.41, 5.74) is 2.96. The second-order valence-electron chi connectivity index (χ2n) is 6.64. The first kappa shape index (κ1) is 16.1. The smallest absolute Gasteiger partial charge is 0.410 e. The summed E-state index contributed by atoms with van der Waals surface area (Å²) in [6.07, 6.45) is 6.46. The highest BCUT2D eigenvalue weighted by Gasteiger charge is 2.24. The van der Waals surface area contributed by atoms with E-state index in [1.54, 1.807) is 4.90 Å². The van der Waals surface area contributed by atoms with Crippen molar-refractivity contribution in [3.63, 3.8) is 0 Å². The molecule has 0 aliphatic carbocycles. The van der Waals surface area contributed by atoms with Crippen LogP contribution in [0.4, 0.5) is 4.79 Å². The maximum atomic E-state index is 12.1. The molecule has 1 aliphatic rings. The van der Waals surface area contributed by atoms with Gasteiger partial charge < -0.3 is 9.64 Å². The molecule has 0 spiro atoms. The molecule has 1 amide bonds. The van der Waals surface area contributed by atoms with Crippen LogP contribution in [0.25, 0.3) is 11.1 Å². The Hall–Kier alpha value is -1.82. The highest BCUT2D eigenvalue weighted by Crippen LogP contribution is 2.27. The Morgan fingerprint density at radius 2 is 2.13 bits per heavy atom. The molecule has 5 nitrogen and oxygen atoms in total. The summed E-state index contributed by atoms with van der Waals surface area (Å²) in [5, 5.41) is 4.40. The number of carbonyl (C=O) groups is 1. The Bertz CT molecular complexity index is 774. The molecule has 3 rings (SSSR count). The molecule has 0 saturated carbocycles. The van der Waals surface area contributed by atoms with E-state index in [1.807, 2.05) is 49.8 Å². The minimum absolute atomic E-state index is 0.253. The van der Waals surface area contributed by atoms with E-state index >= 15 is 0 Å². The highest BCUT2D eigenvalue weighted by atomic mass is 79.9. The third-order valence-corrected chi connectivity index (χ3v) is 4.16. The molecule has 2 aromatic rings. The van der Waals surface area contributed by atoms with E-state index in [4.69, 9.17) is 4.74 Å². The van der Waals surface area contributed by atoms with Crippen LogP contribution in [0.1, 0.15) is 32.8 Å². The molecule has 0 N–H and O–H groups in total. The Balaban J connectivity index is 1.77. The zero-order valence-electron chi connectivity index (χ0n) is 13.5. The van der Waals surface area contributed by atoms with E-state index in [-0.39, 0.29) is 6.09 Å². The molecule has 0 fully saturated rings. The predicted molar refractivity (Wildman–Crippen MR) is 93.3 cm³/mol. The fourth-order valence-electron chi connectivity index (χ4n) is 2.61. The van der Waals surface area contributed by atoms with Gasteiger partial charge in [0.05, 0.1) is 11.7 Å². The average molecular weight is 378 g/mol. The lowest BCUT2D eigenvalue weighted by Gasteiger charge is -2.29. The third-order valence-electron chi connectivity index (χ3n) is 3.69. The summed E-state index contributed by atoms with van der Waals surface area (Å²) in [6.45, 7) is 6.88. The molecule has 23 heavy (non-hydrogen) atoms. The zero-order chi connectivity index (χ0) is 16.6. The molecule has 0 bridgehead atoms. The summed E-state index contributed by atoms with van der Waals surface area (Å²) in [4.78, 5) is 13.8. The van der Waals surface area contributed by atoms with Gasteiger partial charge in [0.25, 0.3) is 0 Å². The Kier molecular flexibility index (Phi) is 4.19. The number of fused-ring (bicyclic) bond motifs is 1. The van der Waals surface area contributed by atoms with Crippen LogP contribution in [0.5, 0.6) is 0 Å². The number of carbonyl (C=O) groups excluding carboxylic acids is 1.